The van der Waals surface area contributed by atoms with Crippen LogP contribution in [-0.4, -0.2) is 56.4 Å². The number of β-amino-alcohol motifs (C(OH)–C–C–N with tert-alkyl or cyclic N) is 1. The van der Waals surface area contributed by atoms with E-state index < -0.39 is 6.10 Å². The number of aliphatic hydroxyl groups is 1. The first-order chi connectivity index (χ1) is 10.0. The number of likely N-dealkylation sites (tertiary alicyclic amines) is 1. The summed E-state index contributed by atoms with van der Waals surface area (Å²) in [6.07, 6.45) is 2.04. The summed E-state index contributed by atoms with van der Waals surface area (Å²) in [6.45, 7) is 5.54. The van der Waals surface area contributed by atoms with Crippen molar-refractivity contribution < 1.29 is 9.84 Å². The van der Waals surface area contributed by atoms with Crippen molar-refractivity contribution in [2.75, 3.05) is 45.2 Å². The molecule has 2 rings (SSSR count). The Hall–Kier alpha value is -1.26. The lowest BCUT2D eigenvalue weighted by Crippen LogP contribution is -2.40. The highest BCUT2D eigenvalue weighted by atomic mass is 16.5. The van der Waals surface area contributed by atoms with Crippen LogP contribution in [-0.2, 0) is 0 Å². The first-order valence-electron chi connectivity index (χ1n) is 7.85. The maximum atomic E-state index is 10.1. The van der Waals surface area contributed by atoms with Crippen LogP contribution >= 0.6 is 0 Å². The van der Waals surface area contributed by atoms with Crippen molar-refractivity contribution in [3.05, 3.63) is 24.3 Å². The Morgan fingerprint density at radius 3 is 2.71 bits per heavy atom. The third kappa shape index (κ3) is 5.21. The number of aliphatic hydroxyl groups excluding tert-OH is 1. The van der Waals surface area contributed by atoms with Crippen LogP contribution < -0.4 is 9.64 Å². The van der Waals surface area contributed by atoms with Crippen molar-refractivity contribution in [1.82, 2.24) is 4.90 Å². The maximum Gasteiger partial charge on any atom is 0.121 e. The van der Waals surface area contributed by atoms with E-state index >= 15 is 0 Å². The average molecular weight is 292 g/mol. The molecule has 1 fully saturated rings. The molecule has 1 N–H and O–H groups in total. The molecule has 1 aromatic carbocycles. The Morgan fingerprint density at radius 1 is 1.33 bits per heavy atom. The van der Waals surface area contributed by atoms with Gasteiger partial charge in [0.1, 0.15) is 18.5 Å². The number of rotatable bonds is 6. The molecule has 0 aromatic heterocycles. The minimum Gasteiger partial charge on any atom is -0.491 e. The van der Waals surface area contributed by atoms with Gasteiger partial charge in [0.25, 0.3) is 0 Å². The molecule has 0 saturated carbocycles. The summed E-state index contributed by atoms with van der Waals surface area (Å²) < 4.78 is 5.72. The molecule has 1 aliphatic heterocycles. The summed E-state index contributed by atoms with van der Waals surface area (Å²) in [6, 6.07) is 7.94. The number of nitrogens with zero attached hydrogens (tertiary/aromatic N) is 2. The van der Waals surface area contributed by atoms with E-state index in [1.165, 1.54) is 12.8 Å². The van der Waals surface area contributed by atoms with E-state index in [2.05, 4.69) is 11.8 Å². The number of hydrogen-bond acceptors (Lipinski definition) is 4. The van der Waals surface area contributed by atoms with Gasteiger partial charge < -0.3 is 19.6 Å². The van der Waals surface area contributed by atoms with Gasteiger partial charge in [0.05, 0.1) is 0 Å². The zero-order valence-corrected chi connectivity index (χ0v) is 13.5. The van der Waals surface area contributed by atoms with Crippen LogP contribution in [0.3, 0.4) is 0 Å². The molecule has 0 radical (unpaired) electrons. The van der Waals surface area contributed by atoms with E-state index in [9.17, 15) is 5.11 Å². The van der Waals surface area contributed by atoms with Gasteiger partial charge >= 0.3 is 0 Å². The fraction of sp³-hybridized carbons (Fsp3) is 0.647. The minimum atomic E-state index is -0.429. The van der Waals surface area contributed by atoms with Crippen LogP contribution in [0.5, 0.6) is 5.75 Å². The van der Waals surface area contributed by atoms with Crippen molar-refractivity contribution >= 4 is 5.69 Å². The Labute approximate surface area is 128 Å². The van der Waals surface area contributed by atoms with Gasteiger partial charge in [0.2, 0.25) is 0 Å². The Balaban J connectivity index is 1.76. The lowest BCUT2D eigenvalue weighted by Gasteiger charge is -2.31. The highest BCUT2D eigenvalue weighted by Gasteiger charge is 2.18. The molecular formula is C17H28N2O2. The predicted molar refractivity (Wildman–Crippen MR) is 87.1 cm³/mol. The normalized spacial score (nSPS) is 18.5. The first-order valence-corrected chi connectivity index (χ1v) is 7.85. The molecule has 1 atom stereocenters. The van der Waals surface area contributed by atoms with E-state index in [-0.39, 0.29) is 0 Å². The molecule has 1 heterocycles. The summed E-state index contributed by atoms with van der Waals surface area (Å²) in [5.41, 5.74) is 1.10. The van der Waals surface area contributed by atoms with E-state index in [0.29, 0.717) is 13.2 Å². The number of hydrogen-bond donors (Lipinski definition) is 1. The molecule has 4 heteroatoms. The lowest BCUT2D eigenvalue weighted by atomic mass is 9.99. The molecule has 1 saturated heterocycles. The summed E-state index contributed by atoms with van der Waals surface area (Å²) in [5.74, 6) is 1.64. The van der Waals surface area contributed by atoms with E-state index in [1.54, 1.807) is 0 Å². The molecule has 0 aliphatic carbocycles. The topological polar surface area (TPSA) is 35.9 Å². The molecule has 1 unspecified atom stereocenters. The van der Waals surface area contributed by atoms with Gasteiger partial charge in [-0.3, -0.25) is 0 Å². The van der Waals surface area contributed by atoms with Gasteiger partial charge in [-0.1, -0.05) is 13.0 Å². The maximum absolute atomic E-state index is 10.1. The van der Waals surface area contributed by atoms with Crippen molar-refractivity contribution in [1.29, 1.82) is 0 Å². The van der Waals surface area contributed by atoms with Crippen LogP contribution in [0.4, 0.5) is 5.69 Å². The lowest BCUT2D eigenvalue weighted by molar-refractivity contribution is 0.0563. The number of benzene rings is 1. The number of anilines is 1. The minimum absolute atomic E-state index is 0.350. The van der Waals surface area contributed by atoms with E-state index in [0.717, 1.165) is 30.4 Å². The van der Waals surface area contributed by atoms with Gasteiger partial charge in [0.15, 0.2) is 0 Å². The van der Waals surface area contributed by atoms with Gasteiger partial charge in [-0.05, 0) is 44.0 Å². The van der Waals surface area contributed by atoms with Crippen molar-refractivity contribution in [3.8, 4) is 5.75 Å². The fourth-order valence-electron chi connectivity index (χ4n) is 2.64. The largest absolute Gasteiger partial charge is 0.491 e. The highest BCUT2D eigenvalue weighted by molar-refractivity contribution is 5.49. The molecule has 1 aliphatic rings. The van der Waals surface area contributed by atoms with Crippen LogP contribution in [0.15, 0.2) is 24.3 Å². The Bertz CT molecular complexity index is 429. The highest BCUT2D eigenvalue weighted by Crippen LogP contribution is 2.20. The van der Waals surface area contributed by atoms with E-state index in [4.69, 9.17) is 4.74 Å². The molecule has 0 bridgehead atoms. The van der Waals surface area contributed by atoms with Crippen LogP contribution in [0.2, 0.25) is 0 Å². The predicted octanol–water partition coefficient (Wildman–Crippen LogP) is 2.22. The third-order valence-electron chi connectivity index (χ3n) is 4.12. The summed E-state index contributed by atoms with van der Waals surface area (Å²) >= 11 is 0. The molecule has 0 amide bonds. The molecular weight excluding hydrogens is 264 g/mol. The van der Waals surface area contributed by atoms with Crippen molar-refractivity contribution in [2.24, 2.45) is 5.92 Å². The monoisotopic (exact) mass is 292 g/mol. The first kappa shape index (κ1) is 16.1. The third-order valence-corrected chi connectivity index (χ3v) is 4.12. The molecule has 21 heavy (non-hydrogen) atoms. The number of piperidine rings is 1. The summed E-state index contributed by atoms with van der Waals surface area (Å²) in [4.78, 5) is 4.38. The summed E-state index contributed by atoms with van der Waals surface area (Å²) in [7, 11) is 4.01. The Morgan fingerprint density at radius 2 is 2.05 bits per heavy atom. The molecule has 1 aromatic rings. The van der Waals surface area contributed by atoms with Gasteiger partial charge in [0, 0.05) is 32.4 Å². The quantitative estimate of drug-likeness (QED) is 0.872. The summed E-state index contributed by atoms with van der Waals surface area (Å²) in [5, 5.41) is 10.1. The average Bonchev–Trinajstić information content (AvgIpc) is 2.48. The molecule has 4 nitrogen and oxygen atoms in total. The van der Waals surface area contributed by atoms with Crippen LogP contribution in [0.25, 0.3) is 0 Å². The van der Waals surface area contributed by atoms with Gasteiger partial charge in [-0.25, -0.2) is 0 Å². The van der Waals surface area contributed by atoms with Crippen LogP contribution in [0.1, 0.15) is 19.8 Å². The smallest absolute Gasteiger partial charge is 0.121 e. The van der Waals surface area contributed by atoms with Crippen LogP contribution in [0, 0.1) is 5.92 Å². The fourth-order valence-corrected chi connectivity index (χ4v) is 2.64. The SMILES string of the molecule is CC1CCN(CC(O)COc2cccc(N(C)C)c2)CC1. The van der Waals surface area contributed by atoms with Crippen molar-refractivity contribution in [3.63, 3.8) is 0 Å². The molecule has 0 spiro atoms. The number of ether oxygens (including phenoxy) is 1. The second-order valence-corrected chi connectivity index (χ2v) is 6.34. The van der Waals surface area contributed by atoms with E-state index in [1.807, 2.05) is 43.3 Å². The second kappa shape index (κ2) is 7.66. The van der Waals surface area contributed by atoms with Gasteiger partial charge in [-0.15, -0.1) is 0 Å². The van der Waals surface area contributed by atoms with Crippen molar-refractivity contribution in [2.45, 2.75) is 25.9 Å². The Kier molecular flexibility index (Phi) is 5.88. The molecule has 118 valence electrons. The zero-order valence-electron chi connectivity index (χ0n) is 13.5. The van der Waals surface area contributed by atoms with Gasteiger partial charge in [-0.2, -0.15) is 0 Å². The zero-order chi connectivity index (χ0) is 15.2. The second-order valence-electron chi connectivity index (χ2n) is 6.34. The standard InChI is InChI=1S/C17H28N2O2/c1-14-7-9-19(10-8-14)12-16(20)13-21-17-6-4-5-15(11-17)18(2)3/h4-6,11,14,16,20H,7-10,12-13H2,1-3H3.